The van der Waals surface area contributed by atoms with Crippen molar-refractivity contribution in [1.29, 1.82) is 0 Å². The molecule has 7 nitrogen and oxygen atoms in total. The van der Waals surface area contributed by atoms with Crippen LogP contribution in [0.1, 0.15) is 26.2 Å². The van der Waals surface area contributed by atoms with Gasteiger partial charge in [-0.25, -0.2) is 8.42 Å². The maximum atomic E-state index is 14.0. The van der Waals surface area contributed by atoms with Crippen molar-refractivity contribution < 1.29 is 18.3 Å². The third kappa shape index (κ3) is 5.96. The van der Waals surface area contributed by atoms with Crippen LogP contribution in [-0.2, 0) is 9.84 Å². The number of fused-ring (bicyclic) bond motifs is 1. The molecular weight excluding hydrogens is 494 g/mol. The van der Waals surface area contributed by atoms with Gasteiger partial charge in [-0.1, -0.05) is 13.3 Å². The van der Waals surface area contributed by atoms with Crippen molar-refractivity contribution >= 4 is 38.2 Å². The van der Waals surface area contributed by atoms with Crippen molar-refractivity contribution in [3.8, 4) is 5.75 Å². The van der Waals surface area contributed by atoms with Gasteiger partial charge >= 0.3 is 0 Å². The lowest BCUT2D eigenvalue weighted by atomic mass is 10.1. The third-order valence-corrected chi connectivity index (χ3v) is 9.02. The zero-order valence-electron chi connectivity index (χ0n) is 21.0. The molecule has 0 amide bonds. The molecule has 1 fully saturated rings. The third-order valence-electron chi connectivity index (χ3n) is 6.52. The summed E-state index contributed by atoms with van der Waals surface area (Å²) in [5, 5.41) is 10.2. The summed E-state index contributed by atoms with van der Waals surface area (Å²) in [5.41, 5.74) is 1.49. The van der Waals surface area contributed by atoms with Crippen molar-refractivity contribution in [3.05, 3.63) is 48.7 Å². The molecule has 0 aliphatic carbocycles. The highest BCUT2D eigenvalue weighted by atomic mass is 32.2. The first kappa shape index (κ1) is 26.7. The van der Waals surface area contributed by atoms with E-state index in [1.807, 2.05) is 24.5 Å². The van der Waals surface area contributed by atoms with E-state index in [-0.39, 0.29) is 16.4 Å². The SMILES string of the molecule is CCCCOc1ccc(S(=O)(=O)c2cnc3ccc(SC)cc3c2N2CCCN(CCO)CC2)cc1. The maximum absolute atomic E-state index is 14.0. The van der Waals surface area contributed by atoms with Gasteiger partial charge < -0.3 is 14.7 Å². The van der Waals surface area contributed by atoms with Gasteiger partial charge in [0.1, 0.15) is 10.6 Å². The topological polar surface area (TPSA) is 83.0 Å². The Kier molecular flexibility index (Phi) is 9.11. The van der Waals surface area contributed by atoms with E-state index in [0.717, 1.165) is 54.7 Å². The normalized spacial score (nSPS) is 15.2. The minimum atomic E-state index is -3.83. The average molecular weight is 530 g/mol. The Morgan fingerprint density at radius 1 is 1.08 bits per heavy atom. The first-order valence-corrected chi connectivity index (χ1v) is 15.2. The van der Waals surface area contributed by atoms with Gasteiger partial charge in [-0.2, -0.15) is 0 Å². The second-order valence-electron chi connectivity index (χ2n) is 8.94. The lowest BCUT2D eigenvalue weighted by molar-refractivity contribution is 0.204. The van der Waals surface area contributed by atoms with Gasteiger partial charge in [0, 0.05) is 42.7 Å². The molecule has 1 saturated heterocycles. The Morgan fingerprint density at radius 3 is 2.61 bits per heavy atom. The van der Waals surface area contributed by atoms with Crippen LogP contribution in [0.4, 0.5) is 5.69 Å². The van der Waals surface area contributed by atoms with E-state index in [1.54, 1.807) is 36.0 Å². The summed E-state index contributed by atoms with van der Waals surface area (Å²) in [6.07, 6.45) is 6.40. The number of unbranched alkanes of at least 4 members (excludes halogenated alkanes) is 1. The van der Waals surface area contributed by atoms with Gasteiger partial charge in [0.25, 0.3) is 0 Å². The van der Waals surface area contributed by atoms with E-state index in [2.05, 4.69) is 21.7 Å². The van der Waals surface area contributed by atoms with Crippen molar-refractivity contribution in [2.45, 2.75) is 40.9 Å². The van der Waals surface area contributed by atoms with Crippen molar-refractivity contribution in [2.24, 2.45) is 0 Å². The predicted octanol–water partition coefficient (Wildman–Crippen LogP) is 4.47. The van der Waals surface area contributed by atoms with Gasteiger partial charge in [0.2, 0.25) is 9.84 Å². The number of benzene rings is 2. The van der Waals surface area contributed by atoms with Crippen LogP contribution in [0.3, 0.4) is 0 Å². The number of thioether (sulfide) groups is 1. The molecular formula is C27H35N3O4S2. The number of sulfone groups is 1. The average Bonchev–Trinajstić information content (AvgIpc) is 3.13. The Labute approximate surface area is 218 Å². The van der Waals surface area contributed by atoms with E-state index in [1.165, 1.54) is 6.20 Å². The lowest BCUT2D eigenvalue weighted by Crippen LogP contribution is -2.33. The number of hydrogen-bond acceptors (Lipinski definition) is 8. The van der Waals surface area contributed by atoms with Crippen LogP contribution in [0.2, 0.25) is 0 Å². The van der Waals surface area contributed by atoms with Gasteiger partial charge in [-0.15, -0.1) is 11.8 Å². The molecule has 1 aliphatic rings. The lowest BCUT2D eigenvalue weighted by Gasteiger charge is -2.27. The molecule has 0 saturated carbocycles. The van der Waals surface area contributed by atoms with Gasteiger partial charge in [-0.05, 0) is 68.1 Å². The Balaban J connectivity index is 1.77. The number of rotatable bonds is 10. The number of aliphatic hydroxyl groups excluding tert-OH is 1. The van der Waals surface area contributed by atoms with Crippen LogP contribution < -0.4 is 9.64 Å². The van der Waals surface area contributed by atoms with E-state index in [9.17, 15) is 13.5 Å². The summed E-state index contributed by atoms with van der Waals surface area (Å²) in [4.78, 5) is 10.5. The smallest absolute Gasteiger partial charge is 0.210 e. The largest absolute Gasteiger partial charge is 0.494 e. The van der Waals surface area contributed by atoms with Crippen LogP contribution in [0.25, 0.3) is 10.9 Å². The first-order chi connectivity index (χ1) is 17.5. The van der Waals surface area contributed by atoms with Crippen LogP contribution in [0, 0.1) is 0 Å². The molecule has 2 aromatic carbocycles. The standard InChI is InChI=1S/C27H35N3O4S2/c1-3-4-18-34-21-6-9-23(10-7-21)36(32,33)26-20-28-25-11-8-22(35-2)19-24(25)27(26)30-13-5-12-29(14-15-30)16-17-31/h6-11,19-20,31H,3-5,12-18H2,1-2H3. The van der Waals surface area contributed by atoms with Crippen molar-refractivity contribution in [2.75, 3.05) is 57.1 Å². The molecule has 0 bridgehead atoms. The van der Waals surface area contributed by atoms with Crippen LogP contribution >= 0.6 is 11.8 Å². The van der Waals surface area contributed by atoms with E-state index in [4.69, 9.17) is 4.74 Å². The van der Waals surface area contributed by atoms with Crippen LogP contribution in [0.15, 0.2) is 63.3 Å². The molecule has 36 heavy (non-hydrogen) atoms. The predicted molar refractivity (Wildman–Crippen MR) is 146 cm³/mol. The number of aromatic nitrogens is 1. The summed E-state index contributed by atoms with van der Waals surface area (Å²) < 4.78 is 33.7. The molecule has 194 valence electrons. The molecule has 0 atom stereocenters. The Morgan fingerprint density at radius 2 is 1.89 bits per heavy atom. The fourth-order valence-corrected chi connectivity index (χ4v) is 6.40. The van der Waals surface area contributed by atoms with Gasteiger partial charge in [0.05, 0.1) is 29.3 Å². The van der Waals surface area contributed by atoms with E-state index < -0.39 is 9.84 Å². The molecule has 3 aromatic rings. The highest BCUT2D eigenvalue weighted by molar-refractivity contribution is 7.98. The molecule has 0 radical (unpaired) electrons. The first-order valence-electron chi connectivity index (χ1n) is 12.5. The zero-order chi connectivity index (χ0) is 25.5. The summed E-state index contributed by atoms with van der Waals surface area (Å²) in [5.74, 6) is 0.667. The molecule has 1 aromatic heterocycles. The van der Waals surface area contributed by atoms with E-state index >= 15 is 0 Å². The monoisotopic (exact) mass is 529 g/mol. The number of pyridine rings is 1. The minimum absolute atomic E-state index is 0.118. The van der Waals surface area contributed by atoms with Crippen molar-refractivity contribution in [1.82, 2.24) is 9.88 Å². The number of aliphatic hydroxyl groups is 1. The van der Waals surface area contributed by atoms with E-state index in [0.29, 0.717) is 31.1 Å². The number of nitrogens with zero attached hydrogens (tertiary/aromatic N) is 3. The van der Waals surface area contributed by atoms with Crippen LogP contribution in [-0.4, -0.2) is 75.6 Å². The fourth-order valence-electron chi connectivity index (χ4n) is 4.53. The Bertz CT molecular complexity index is 1270. The number of ether oxygens (including phenoxy) is 1. The highest BCUT2D eigenvalue weighted by Gasteiger charge is 2.28. The Hall–Kier alpha value is -2.33. The maximum Gasteiger partial charge on any atom is 0.210 e. The molecule has 1 aliphatic heterocycles. The van der Waals surface area contributed by atoms with Gasteiger partial charge in [-0.3, -0.25) is 9.88 Å². The number of anilines is 1. The second kappa shape index (κ2) is 12.3. The van der Waals surface area contributed by atoms with Crippen molar-refractivity contribution in [3.63, 3.8) is 0 Å². The fraction of sp³-hybridized carbons (Fsp3) is 0.444. The van der Waals surface area contributed by atoms with Crippen LogP contribution in [0.5, 0.6) is 5.75 Å². The summed E-state index contributed by atoms with van der Waals surface area (Å²) in [6, 6.07) is 12.7. The molecule has 2 heterocycles. The molecule has 9 heteroatoms. The quantitative estimate of drug-likeness (QED) is 0.304. The summed E-state index contributed by atoms with van der Waals surface area (Å²) >= 11 is 1.62. The summed E-state index contributed by atoms with van der Waals surface area (Å²) in [7, 11) is -3.83. The molecule has 4 rings (SSSR count). The minimum Gasteiger partial charge on any atom is -0.494 e. The number of β-amino-alcohol motifs (C(OH)–C–C–N with tert-alkyl or cyclic N) is 1. The molecule has 1 N–H and O–H groups in total. The highest BCUT2D eigenvalue weighted by Crippen LogP contribution is 2.38. The van der Waals surface area contributed by atoms with Gasteiger partial charge in [0.15, 0.2) is 0 Å². The summed E-state index contributed by atoms with van der Waals surface area (Å²) in [6.45, 7) is 6.50. The zero-order valence-corrected chi connectivity index (χ0v) is 22.7. The second-order valence-corrected chi connectivity index (χ2v) is 11.7. The molecule has 0 spiro atoms. The molecule has 0 unspecified atom stereocenters. The number of hydrogen-bond donors (Lipinski definition) is 1.